The predicted molar refractivity (Wildman–Crippen MR) is 81.3 cm³/mol. The molecule has 0 bridgehead atoms. The molecule has 0 radical (unpaired) electrons. The standard InChI is InChI=1S/C15H15N3OS/c1-8(2)13-7-11(14-17-18-15(20)19-14)10-6-9(3)4-5-12(10)16-13/h4-8H,1-3H3,(H,18,20). The quantitative estimate of drug-likeness (QED) is 0.710. The first-order valence-corrected chi connectivity index (χ1v) is 6.92. The van der Waals surface area contributed by atoms with Gasteiger partial charge in [-0.25, -0.2) is 5.10 Å². The van der Waals surface area contributed by atoms with Crippen molar-refractivity contribution in [1.29, 1.82) is 0 Å². The van der Waals surface area contributed by atoms with Gasteiger partial charge in [-0.15, -0.1) is 5.10 Å². The van der Waals surface area contributed by atoms with E-state index in [-0.39, 0.29) is 4.84 Å². The van der Waals surface area contributed by atoms with Crippen molar-refractivity contribution < 1.29 is 4.42 Å². The van der Waals surface area contributed by atoms with E-state index in [2.05, 4.69) is 43.1 Å². The maximum Gasteiger partial charge on any atom is 0.284 e. The Morgan fingerprint density at radius 1 is 1.25 bits per heavy atom. The number of pyridine rings is 1. The molecule has 0 aliphatic rings. The Kier molecular flexibility index (Phi) is 3.14. The zero-order chi connectivity index (χ0) is 14.3. The summed E-state index contributed by atoms with van der Waals surface area (Å²) in [4.78, 5) is 4.98. The molecule has 0 amide bonds. The summed E-state index contributed by atoms with van der Waals surface area (Å²) in [5.41, 5.74) is 4.06. The van der Waals surface area contributed by atoms with Gasteiger partial charge >= 0.3 is 0 Å². The molecule has 20 heavy (non-hydrogen) atoms. The lowest BCUT2D eigenvalue weighted by Gasteiger charge is -2.10. The Hall–Kier alpha value is -2.01. The van der Waals surface area contributed by atoms with Crippen LogP contribution in [0.5, 0.6) is 0 Å². The summed E-state index contributed by atoms with van der Waals surface area (Å²) in [7, 11) is 0. The predicted octanol–water partition coefficient (Wildman–Crippen LogP) is 4.38. The number of benzene rings is 1. The summed E-state index contributed by atoms with van der Waals surface area (Å²) < 4.78 is 5.47. The summed E-state index contributed by atoms with van der Waals surface area (Å²) in [6, 6.07) is 8.21. The van der Waals surface area contributed by atoms with Crippen LogP contribution in [-0.2, 0) is 0 Å². The first-order valence-electron chi connectivity index (χ1n) is 6.52. The fourth-order valence-electron chi connectivity index (χ4n) is 2.18. The zero-order valence-electron chi connectivity index (χ0n) is 11.6. The molecule has 2 aromatic heterocycles. The van der Waals surface area contributed by atoms with Crippen LogP contribution in [-0.4, -0.2) is 15.2 Å². The molecular formula is C15H15N3OS. The van der Waals surface area contributed by atoms with Crippen molar-refractivity contribution in [3.8, 4) is 11.5 Å². The molecule has 0 spiro atoms. The number of nitrogens with one attached hydrogen (secondary N) is 1. The fraction of sp³-hybridized carbons (Fsp3) is 0.267. The number of aromatic amines is 1. The van der Waals surface area contributed by atoms with E-state index in [1.54, 1.807) is 0 Å². The van der Waals surface area contributed by atoms with Gasteiger partial charge in [0.15, 0.2) is 0 Å². The van der Waals surface area contributed by atoms with E-state index >= 15 is 0 Å². The minimum atomic E-state index is 0.281. The van der Waals surface area contributed by atoms with Crippen molar-refractivity contribution in [2.45, 2.75) is 26.7 Å². The van der Waals surface area contributed by atoms with Crippen molar-refractivity contribution >= 4 is 23.1 Å². The van der Waals surface area contributed by atoms with Crippen LogP contribution < -0.4 is 0 Å². The summed E-state index contributed by atoms with van der Waals surface area (Å²) in [5, 5.41) is 7.84. The molecule has 4 nitrogen and oxygen atoms in total. The number of rotatable bonds is 2. The second-order valence-electron chi connectivity index (χ2n) is 5.19. The number of aryl methyl sites for hydroxylation is 1. The van der Waals surface area contributed by atoms with Crippen LogP contribution in [0.15, 0.2) is 28.7 Å². The van der Waals surface area contributed by atoms with Crippen molar-refractivity contribution in [2.24, 2.45) is 0 Å². The van der Waals surface area contributed by atoms with E-state index < -0.39 is 0 Å². The molecule has 5 heteroatoms. The summed E-state index contributed by atoms with van der Waals surface area (Å²) in [5.74, 6) is 0.844. The molecule has 0 fully saturated rings. The minimum absolute atomic E-state index is 0.281. The largest absolute Gasteiger partial charge is 0.409 e. The van der Waals surface area contributed by atoms with Crippen molar-refractivity contribution in [3.63, 3.8) is 0 Å². The molecule has 0 unspecified atom stereocenters. The molecule has 0 saturated heterocycles. The highest BCUT2D eigenvalue weighted by Crippen LogP contribution is 2.30. The van der Waals surface area contributed by atoms with Gasteiger partial charge in [-0.3, -0.25) is 4.98 Å². The molecule has 0 atom stereocenters. The lowest BCUT2D eigenvalue weighted by molar-refractivity contribution is 0.552. The van der Waals surface area contributed by atoms with Gasteiger partial charge < -0.3 is 4.42 Å². The van der Waals surface area contributed by atoms with Gasteiger partial charge in [0.05, 0.1) is 5.52 Å². The molecule has 0 saturated carbocycles. The number of fused-ring (bicyclic) bond motifs is 1. The molecule has 3 rings (SSSR count). The molecule has 0 aliphatic carbocycles. The van der Waals surface area contributed by atoms with Gasteiger partial charge in [0.1, 0.15) is 0 Å². The Balaban J connectivity index is 2.37. The van der Waals surface area contributed by atoms with Crippen molar-refractivity contribution in [2.75, 3.05) is 0 Å². The Morgan fingerprint density at radius 3 is 2.70 bits per heavy atom. The van der Waals surface area contributed by atoms with E-state index in [4.69, 9.17) is 21.6 Å². The van der Waals surface area contributed by atoms with Gasteiger partial charge in [-0.1, -0.05) is 25.5 Å². The minimum Gasteiger partial charge on any atom is -0.409 e. The lowest BCUT2D eigenvalue weighted by Crippen LogP contribution is -1.96. The smallest absolute Gasteiger partial charge is 0.284 e. The van der Waals surface area contributed by atoms with E-state index in [1.165, 1.54) is 5.56 Å². The monoisotopic (exact) mass is 285 g/mol. The number of hydrogen-bond donors (Lipinski definition) is 1. The van der Waals surface area contributed by atoms with Crippen molar-refractivity contribution in [1.82, 2.24) is 15.2 Å². The molecule has 2 heterocycles. The van der Waals surface area contributed by atoms with Crippen molar-refractivity contribution in [3.05, 3.63) is 40.4 Å². The van der Waals surface area contributed by atoms with E-state index in [9.17, 15) is 0 Å². The Labute approximate surface area is 121 Å². The second kappa shape index (κ2) is 4.83. The van der Waals surface area contributed by atoms with Crippen LogP contribution >= 0.6 is 12.2 Å². The highest BCUT2D eigenvalue weighted by molar-refractivity contribution is 7.71. The average Bonchev–Trinajstić information content (AvgIpc) is 2.84. The van der Waals surface area contributed by atoms with E-state index in [0.717, 1.165) is 22.2 Å². The highest BCUT2D eigenvalue weighted by atomic mass is 32.1. The summed E-state index contributed by atoms with van der Waals surface area (Å²) >= 11 is 4.97. The first kappa shape index (κ1) is 13.0. The number of nitrogens with zero attached hydrogens (tertiary/aromatic N) is 2. The third-order valence-corrected chi connectivity index (χ3v) is 3.42. The van der Waals surface area contributed by atoms with Gasteiger partial charge in [-0.05, 0) is 43.3 Å². The lowest BCUT2D eigenvalue weighted by atomic mass is 10.0. The van der Waals surface area contributed by atoms with Crippen LogP contribution in [0, 0.1) is 11.8 Å². The maximum absolute atomic E-state index is 5.47. The zero-order valence-corrected chi connectivity index (χ0v) is 12.4. The average molecular weight is 285 g/mol. The third kappa shape index (κ3) is 2.25. The topological polar surface area (TPSA) is 54.7 Å². The number of aromatic nitrogens is 3. The van der Waals surface area contributed by atoms with Crippen LogP contribution in [0.3, 0.4) is 0 Å². The molecule has 102 valence electrons. The van der Waals surface area contributed by atoms with Crippen LogP contribution in [0.4, 0.5) is 0 Å². The number of H-pyrrole nitrogens is 1. The molecule has 1 aromatic carbocycles. The normalized spacial score (nSPS) is 11.4. The SMILES string of the molecule is Cc1ccc2nc(C(C)C)cc(-c3n[nH]c(=S)o3)c2c1. The molecule has 1 N–H and O–H groups in total. The van der Waals surface area contributed by atoms with Crippen LogP contribution in [0.25, 0.3) is 22.4 Å². The first-order chi connectivity index (χ1) is 9.54. The van der Waals surface area contributed by atoms with Crippen LogP contribution in [0.2, 0.25) is 0 Å². The second-order valence-corrected chi connectivity index (χ2v) is 5.56. The third-order valence-electron chi connectivity index (χ3n) is 3.24. The van der Waals surface area contributed by atoms with Crippen LogP contribution in [0.1, 0.15) is 31.0 Å². The van der Waals surface area contributed by atoms with Gasteiger partial charge in [0.2, 0.25) is 5.89 Å². The molecule has 3 aromatic rings. The summed E-state index contributed by atoms with van der Waals surface area (Å²) in [6.07, 6.45) is 0. The Morgan fingerprint density at radius 2 is 2.05 bits per heavy atom. The van der Waals surface area contributed by atoms with Gasteiger partial charge in [0.25, 0.3) is 4.84 Å². The Bertz CT molecular complexity index is 832. The van der Waals surface area contributed by atoms with E-state index in [1.807, 2.05) is 12.1 Å². The maximum atomic E-state index is 5.47. The van der Waals surface area contributed by atoms with Gasteiger partial charge in [-0.2, -0.15) is 0 Å². The fourth-order valence-corrected chi connectivity index (χ4v) is 2.30. The summed E-state index contributed by atoms with van der Waals surface area (Å²) in [6.45, 7) is 6.29. The van der Waals surface area contributed by atoms with E-state index in [0.29, 0.717) is 11.8 Å². The number of hydrogen-bond acceptors (Lipinski definition) is 4. The van der Waals surface area contributed by atoms with Gasteiger partial charge in [0, 0.05) is 16.6 Å². The highest BCUT2D eigenvalue weighted by Gasteiger charge is 2.13. The molecule has 0 aliphatic heterocycles. The molecular weight excluding hydrogens is 270 g/mol.